The zero-order valence-corrected chi connectivity index (χ0v) is 11.7. The average molecular weight is 282 g/mol. The fraction of sp³-hybridized carbons (Fsp3) is 0.636. The molecule has 1 aromatic heterocycles. The van der Waals surface area contributed by atoms with Gasteiger partial charge in [0.05, 0.1) is 37.6 Å². The monoisotopic (exact) mass is 282 g/mol. The Balaban J connectivity index is 2.34. The first-order valence-corrected chi connectivity index (χ1v) is 6.65. The van der Waals surface area contributed by atoms with Crippen LogP contribution in [0.5, 0.6) is 0 Å². The fourth-order valence-corrected chi connectivity index (χ4v) is 2.36. The molecule has 0 aromatic carbocycles. The highest BCUT2D eigenvalue weighted by molar-refractivity contribution is 5.71. The van der Waals surface area contributed by atoms with Gasteiger partial charge in [-0.05, 0) is 6.92 Å². The van der Waals surface area contributed by atoms with Gasteiger partial charge in [0.2, 0.25) is 17.6 Å². The van der Waals surface area contributed by atoms with Gasteiger partial charge in [-0.15, -0.1) is 0 Å². The Kier molecular flexibility index (Phi) is 4.18. The summed E-state index contributed by atoms with van der Waals surface area (Å²) in [6, 6.07) is 0. The molecule has 1 aliphatic rings. The van der Waals surface area contributed by atoms with E-state index in [1.54, 1.807) is 7.05 Å². The third-order valence-electron chi connectivity index (χ3n) is 3.57. The molecule has 0 atom stereocenters. The lowest BCUT2D eigenvalue weighted by molar-refractivity contribution is -0.898. The van der Waals surface area contributed by atoms with Gasteiger partial charge in [-0.3, -0.25) is 10.1 Å². The van der Waals surface area contributed by atoms with Crippen LogP contribution in [-0.4, -0.2) is 54.7 Å². The van der Waals surface area contributed by atoms with E-state index in [2.05, 4.69) is 22.2 Å². The van der Waals surface area contributed by atoms with Crippen molar-refractivity contribution in [2.24, 2.45) is 0 Å². The number of anilines is 3. The Morgan fingerprint density at radius 2 is 2.10 bits per heavy atom. The highest BCUT2D eigenvalue weighted by Crippen LogP contribution is 2.31. The van der Waals surface area contributed by atoms with Crippen molar-refractivity contribution in [2.75, 3.05) is 55.7 Å². The largest absolute Gasteiger partial charge is 0.378 e. The van der Waals surface area contributed by atoms with E-state index in [0.29, 0.717) is 11.8 Å². The lowest BCUT2D eigenvalue weighted by Gasteiger charge is -2.32. The summed E-state index contributed by atoms with van der Waals surface area (Å²) in [6.07, 6.45) is 0. The zero-order valence-electron chi connectivity index (χ0n) is 11.7. The summed E-state index contributed by atoms with van der Waals surface area (Å²) in [6.45, 7) is 6.52. The first kappa shape index (κ1) is 14.3. The number of piperazine rings is 1. The number of aromatic nitrogens is 2. The molecular formula is C11H20N7O2+. The van der Waals surface area contributed by atoms with Crippen molar-refractivity contribution in [3.8, 4) is 0 Å². The van der Waals surface area contributed by atoms with Gasteiger partial charge in [0, 0.05) is 7.05 Å². The highest BCUT2D eigenvalue weighted by Gasteiger charge is 2.30. The number of nitro groups is 1. The number of likely N-dealkylation sites (N-methyl/N-ethyl adjacent to an activating group) is 1. The standard InChI is InChI=1S/C11H19N7O2/c1-3-16-4-6-17(7-5-16)10-8(18(19)20)9(12)14-11(13-2)15-10/h3-7H2,1-2H3,(H3,12,13,14,15)/p+1. The van der Waals surface area contributed by atoms with Crippen molar-refractivity contribution in [1.82, 2.24) is 9.97 Å². The van der Waals surface area contributed by atoms with Crippen LogP contribution in [0.4, 0.5) is 23.3 Å². The average Bonchev–Trinajstić information content (AvgIpc) is 2.46. The van der Waals surface area contributed by atoms with Gasteiger partial charge in [0.1, 0.15) is 0 Å². The quantitative estimate of drug-likeness (QED) is 0.466. The van der Waals surface area contributed by atoms with Gasteiger partial charge in [-0.25, -0.2) is 0 Å². The molecule has 110 valence electrons. The Hall–Kier alpha value is -2.16. The molecule has 0 bridgehead atoms. The molecule has 20 heavy (non-hydrogen) atoms. The molecule has 1 aromatic rings. The molecule has 1 fully saturated rings. The van der Waals surface area contributed by atoms with E-state index < -0.39 is 4.92 Å². The van der Waals surface area contributed by atoms with Crippen LogP contribution in [0.3, 0.4) is 0 Å². The summed E-state index contributed by atoms with van der Waals surface area (Å²) >= 11 is 0. The van der Waals surface area contributed by atoms with Crippen LogP contribution in [0, 0.1) is 10.1 Å². The maximum Gasteiger partial charge on any atom is 0.353 e. The third kappa shape index (κ3) is 2.72. The summed E-state index contributed by atoms with van der Waals surface area (Å²) < 4.78 is 0. The van der Waals surface area contributed by atoms with Gasteiger partial charge >= 0.3 is 5.69 Å². The van der Waals surface area contributed by atoms with E-state index in [4.69, 9.17) is 5.73 Å². The van der Waals surface area contributed by atoms with E-state index in [-0.39, 0.29) is 11.5 Å². The Bertz CT molecular complexity index is 500. The van der Waals surface area contributed by atoms with Crippen LogP contribution in [-0.2, 0) is 0 Å². The van der Waals surface area contributed by atoms with Gasteiger partial charge in [0.15, 0.2) is 0 Å². The lowest BCUT2D eigenvalue weighted by Crippen LogP contribution is -3.14. The molecule has 9 nitrogen and oxygen atoms in total. The van der Waals surface area contributed by atoms with Crippen molar-refractivity contribution in [2.45, 2.75) is 6.92 Å². The SMILES string of the molecule is CC[NH+]1CCN(c2nc(NC)nc(N)c2[N+](=O)[O-])CC1. The van der Waals surface area contributed by atoms with Crippen LogP contribution in [0.1, 0.15) is 6.92 Å². The molecule has 0 amide bonds. The van der Waals surface area contributed by atoms with E-state index >= 15 is 0 Å². The van der Waals surface area contributed by atoms with Gasteiger partial charge in [-0.1, -0.05) is 0 Å². The third-order valence-corrected chi connectivity index (χ3v) is 3.57. The van der Waals surface area contributed by atoms with Gasteiger partial charge < -0.3 is 20.9 Å². The minimum Gasteiger partial charge on any atom is -0.378 e. The minimum atomic E-state index is -0.511. The second kappa shape index (κ2) is 5.87. The van der Waals surface area contributed by atoms with Crippen LogP contribution in [0.25, 0.3) is 0 Å². The van der Waals surface area contributed by atoms with Crippen LogP contribution < -0.4 is 20.9 Å². The number of nitrogens with zero attached hydrogens (tertiary/aromatic N) is 4. The van der Waals surface area contributed by atoms with E-state index in [9.17, 15) is 10.1 Å². The van der Waals surface area contributed by atoms with Crippen molar-refractivity contribution in [3.63, 3.8) is 0 Å². The maximum atomic E-state index is 11.2. The molecule has 0 unspecified atom stereocenters. The van der Waals surface area contributed by atoms with E-state index in [0.717, 1.165) is 32.7 Å². The summed E-state index contributed by atoms with van der Waals surface area (Å²) in [4.78, 5) is 22.2. The van der Waals surface area contributed by atoms with Crippen LogP contribution in [0.15, 0.2) is 0 Å². The summed E-state index contributed by atoms with van der Waals surface area (Å²) in [5.41, 5.74) is 5.49. The molecular weight excluding hydrogens is 262 g/mol. The molecule has 0 radical (unpaired) electrons. The van der Waals surface area contributed by atoms with Crippen molar-refractivity contribution in [1.29, 1.82) is 0 Å². The number of nitrogens with two attached hydrogens (primary N) is 1. The topological polar surface area (TPSA) is 115 Å². The number of rotatable bonds is 4. The van der Waals surface area contributed by atoms with E-state index in [1.807, 2.05) is 4.90 Å². The van der Waals surface area contributed by atoms with Crippen LogP contribution in [0.2, 0.25) is 0 Å². The smallest absolute Gasteiger partial charge is 0.353 e. The first-order valence-electron chi connectivity index (χ1n) is 6.65. The summed E-state index contributed by atoms with van der Waals surface area (Å²) in [5, 5.41) is 14.0. The normalized spacial score (nSPS) is 16.2. The predicted molar refractivity (Wildman–Crippen MR) is 76.1 cm³/mol. The Morgan fingerprint density at radius 3 is 2.60 bits per heavy atom. The highest BCUT2D eigenvalue weighted by atomic mass is 16.6. The number of nitrogen functional groups attached to an aromatic ring is 1. The zero-order chi connectivity index (χ0) is 14.7. The van der Waals surface area contributed by atoms with Crippen molar-refractivity contribution in [3.05, 3.63) is 10.1 Å². The molecule has 2 heterocycles. The Morgan fingerprint density at radius 1 is 1.45 bits per heavy atom. The minimum absolute atomic E-state index is 0.102. The number of quaternary nitrogens is 1. The van der Waals surface area contributed by atoms with Gasteiger partial charge in [0.25, 0.3) is 0 Å². The van der Waals surface area contributed by atoms with Gasteiger partial charge in [-0.2, -0.15) is 9.97 Å². The number of nitrogens with one attached hydrogen (secondary N) is 2. The number of hydrogen-bond acceptors (Lipinski definition) is 7. The molecule has 0 saturated carbocycles. The number of hydrogen-bond donors (Lipinski definition) is 3. The lowest BCUT2D eigenvalue weighted by atomic mass is 10.3. The summed E-state index contributed by atoms with van der Waals surface area (Å²) in [5.74, 6) is 0.505. The molecule has 1 saturated heterocycles. The fourth-order valence-electron chi connectivity index (χ4n) is 2.36. The molecule has 9 heteroatoms. The maximum absolute atomic E-state index is 11.2. The van der Waals surface area contributed by atoms with Crippen molar-refractivity contribution >= 4 is 23.3 Å². The van der Waals surface area contributed by atoms with Crippen LogP contribution >= 0.6 is 0 Å². The predicted octanol–water partition coefficient (Wildman–Crippen LogP) is -1.27. The second-order valence-electron chi connectivity index (χ2n) is 4.70. The second-order valence-corrected chi connectivity index (χ2v) is 4.70. The molecule has 2 rings (SSSR count). The molecule has 0 spiro atoms. The molecule has 4 N–H and O–H groups in total. The molecule has 1 aliphatic heterocycles. The molecule has 0 aliphatic carbocycles. The van der Waals surface area contributed by atoms with E-state index in [1.165, 1.54) is 4.90 Å². The first-order chi connectivity index (χ1) is 9.56. The van der Waals surface area contributed by atoms with Crippen molar-refractivity contribution < 1.29 is 9.82 Å². The summed E-state index contributed by atoms with van der Waals surface area (Å²) in [7, 11) is 1.66. The Labute approximate surface area is 116 Å².